The van der Waals surface area contributed by atoms with Gasteiger partial charge in [-0.15, -0.1) is 22.7 Å². The van der Waals surface area contributed by atoms with Crippen LogP contribution in [0.3, 0.4) is 0 Å². The number of hydrogen-bond donors (Lipinski definition) is 3. The molecule has 3 atom stereocenters. The Labute approximate surface area is 310 Å². The van der Waals surface area contributed by atoms with Crippen LogP contribution in [-0.2, 0) is 14.3 Å². The number of aromatic amines is 2. The standard InChI is InChI=1S/C38H43N7O5S2/c1-21(2)30(43-36(47)49-6)35(46)44-15-7-10-29(44)34-41-26-14-12-22(17-27(26)42-34)25-20-52-31-23(19-51-32(25)31)11-13-24-18-39-33(40-24)28-9-8-16-45(28)37(48)50-38(3,4)5/h12,14,17-21,28-30H,7-10,15-16H2,1-6H3,(H,39,40)(H,41,42)(H,43,47)/t28-,29-,30-/m0/s1. The van der Waals surface area contributed by atoms with E-state index in [2.05, 4.69) is 55.0 Å². The highest BCUT2D eigenvalue weighted by molar-refractivity contribution is 7.27. The fourth-order valence-corrected chi connectivity index (χ4v) is 9.26. The van der Waals surface area contributed by atoms with E-state index >= 15 is 0 Å². The van der Waals surface area contributed by atoms with Crippen LogP contribution in [0.2, 0.25) is 0 Å². The van der Waals surface area contributed by atoms with Gasteiger partial charge in [0.15, 0.2) is 0 Å². The minimum absolute atomic E-state index is 0.101. The second kappa shape index (κ2) is 14.3. The molecule has 1 aromatic carbocycles. The molecule has 3 N–H and O–H groups in total. The van der Waals surface area contributed by atoms with Gasteiger partial charge in [0.1, 0.15) is 29.0 Å². The molecule has 2 aliphatic rings. The van der Waals surface area contributed by atoms with E-state index in [-0.39, 0.29) is 30.0 Å². The fourth-order valence-electron chi connectivity index (χ4n) is 6.95. The van der Waals surface area contributed by atoms with Gasteiger partial charge in [0, 0.05) is 29.4 Å². The number of hydrogen-bond acceptors (Lipinski definition) is 9. The van der Waals surface area contributed by atoms with Crippen LogP contribution in [0.4, 0.5) is 9.59 Å². The predicted molar refractivity (Wildman–Crippen MR) is 202 cm³/mol. The maximum atomic E-state index is 13.6. The molecule has 0 saturated carbocycles. The molecule has 12 nitrogen and oxygen atoms in total. The molecule has 2 fully saturated rings. The van der Waals surface area contributed by atoms with Gasteiger partial charge < -0.3 is 29.7 Å². The normalized spacial score (nSPS) is 18.2. The van der Waals surface area contributed by atoms with Crippen LogP contribution in [0.1, 0.15) is 95.3 Å². The molecule has 4 aromatic heterocycles. The van der Waals surface area contributed by atoms with Crippen molar-refractivity contribution in [3.63, 3.8) is 0 Å². The molecule has 0 spiro atoms. The van der Waals surface area contributed by atoms with Crippen LogP contribution in [0.15, 0.2) is 35.2 Å². The van der Waals surface area contributed by atoms with Crippen LogP contribution in [0.5, 0.6) is 0 Å². The molecular weight excluding hydrogens is 699 g/mol. The summed E-state index contributed by atoms with van der Waals surface area (Å²) in [5.74, 6) is 7.82. The molecule has 272 valence electrons. The number of alkyl carbamates (subject to hydrolysis) is 1. The summed E-state index contributed by atoms with van der Waals surface area (Å²) in [5, 5.41) is 6.97. The number of nitrogens with one attached hydrogen (secondary N) is 3. The first kappa shape index (κ1) is 35.5. The summed E-state index contributed by atoms with van der Waals surface area (Å²) in [6.07, 6.45) is 4.15. The molecule has 5 aromatic rings. The average molecular weight is 742 g/mol. The number of ether oxygens (including phenoxy) is 2. The number of H-pyrrole nitrogens is 2. The summed E-state index contributed by atoms with van der Waals surface area (Å²) in [6, 6.07) is 5.17. The summed E-state index contributed by atoms with van der Waals surface area (Å²) in [6.45, 7) is 10.7. The Bertz CT molecular complexity index is 2200. The van der Waals surface area contributed by atoms with Gasteiger partial charge in [-0.1, -0.05) is 25.8 Å². The number of fused-ring (bicyclic) bond motifs is 2. The van der Waals surface area contributed by atoms with E-state index in [9.17, 15) is 14.4 Å². The van der Waals surface area contributed by atoms with Crippen LogP contribution in [0.25, 0.3) is 31.6 Å². The van der Waals surface area contributed by atoms with Gasteiger partial charge in [0.05, 0.1) is 51.4 Å². The van der Waals surface area contributed by atoms with Gasteiger partial charge in [-0.3, -0.25) is 9.69 Å². The highest BCUT2D eigenvalue weighted by Gasteiger charge is 2.38. The lowest BCUT2D eigenvalue weighted by atomic mass is 10.0. The molecule has 0 aliphatic carbocycles. The molecule has 0 unspecified atom stereocenters. The first-order chi connectivity index (χ1) is 24.9. The molecule has 0 radical (unpaired) electrons. The van der Waals surface area contributed by atoms with Crippen LogP contribution in [-0.4, -0.2) is 79.7 Å². The van der Waals surface area contributed by atoms with Gasteiger partial charge >= 0.3 is 12.2 Å². The molecule has 6 heterocycles. The first-order valence-corrected chi connectivity index (χ1v) is 19.4. The molecule has 14 heteroatoms. The van der Waals surface area contributed by atoms with Crippen molar-refractivity contribution in [3.8, 4) is 23.0 Å². The number of carbonyl (C=O) groups excluding carboxylic acids is 3. The Morgan fingerprint density at radius 1 is 0.981 bits per heavy atom. The van der Waals surface area contributed by atoms with Crippen molar-refractivity contribution in [2.45, 2.75) is 84.0 Å². The van der Waals surface area contributed by atoms with Crippen molar-refractivity contribution in [2.24, 2.45) is 5.92 Å². The van der Waals surface area contributed by atoms with Crippen LogP contribution in [0, 0.1) is 17.8 Å². The third kappa shape index (κ3) is 7.12. The minimum Gasteiger partial charge on any atom is -0.453 e. The molecule has 3 amide bonds. The lowest BCUT2D eigenvalue weighted by Gasteiger charge is -2.29. The Kier molecular flexibility index (Phi) is 9.75. The maximum absolute atomic E-state index is 13.6. The molecule has 7 rings (SSSR count). The van der Waals surface area contributed by atoms with Gasteiger partial charge in [-0.2, -0.15) is 0 Å². The molecule has 2 saturated heterocycles. The number of aromatic nitrogens is 4. The summed E-state index contributed by atoms with van der Waals surface area (Å²) in [5.41, 5.74) is 5.04. The second-order valence-corrected chi connectivity index (χ2v) is 16.4. The van der Waals surface area contributed by atoms with E-state index in [4.69, 9.17) is 14.5 Å². The largest absolute Gasteiger partial charge is 0.453 e. The number of benzene rings is 1. The van der Waals surface area contributed by atoms with E-state index < -0.39 is 17.7 Å². The number of imidazole rings is 2. The lowest BCUT2D eigenvalue weighted by Crippen LogP contribution is -2.51. The van der Waals surface area contributed by atoms with Gasteiger partial charge in [0.2, 0.25) is 5.91 Å². The smallest absolute Gasteiger partial charge is 0.410 e. The number of carbonyl (C=O) groups is 3. The summed E-state index contributed by atoms with van der Waals surface area (Å²) < 4.78 is 12.7. The second-order valence-electron chi connectivity index (χ2n) is 14.6. The Morgan fingerprint density at radius 3 is 2.44 bits per heavy atom. The van der Waals surface area contributed by atoms with Gasteiger partial charge in [-0.05, 0) is 76.0 Å². The van der Waals surface area contributed by atoms with Crippen LogP contribution < -0.4 is 5.32 Å². The number of likely N-dealkylation sites (tertiary alicyclic amines) is 2. The lowest BCUT2D eigenvalue weighted by molar-refractivity contribution is -0.135. The van der Waals surface area contributed by atoms with Crippen molar-refractivity contribution >= 4 is 61.2 Å². The SMILES string of the molecule is COC(=O)N[C@H](C(=O)N1CCC[C@H]1c1nc2ccc(-c3csc4c(C#Cc5cnc([C@@H]6CCCN6C(=O)OC(C)(C)C)[nH]5)csc34)cc2[nH]1)C(C)C. The zero-order valence-corrected chi connectivity index (χ0v) is 31.8. The monoisotopic (exact) mass is 741 g/mol. The van der Waals surface area contributed by atoms with Crippen molar-refractivity contribution in [1.82, 2.24) is 35.1 Å². The predicted octanol–water partition coefficient (Wildman–Crippen LogP) is 7.75. The summed E-state index contributed by atoms with van der Waals surface area (Å²) in [7, 11) is 1.30. The topological polar surface area (TPSA) is 146 Å². The Hall–Kier alpha value is -4.87. The van der Waals surface area contributed by atoms with Crippen molar-refractivity contribution in [2.75, 3.05) is 20.2 Å². The van der Waals surface area contributed by atoms with E-state index in [1.165, 1.54) is 11.8 Å². The van der Waals surface area contributed by atoms with E-state index in [0.29, 0.717) is 18.8 Å². The van der Waals surface area contributed by atoms with Gasteiger partial charge in [-0.25, -0.2) is 19.6 Å². The molecule has 2 aliphatic heterocycles. The van der Waals surface area contributed by atoms with Crippen molar-refractivity contribution < 1.29 is 23.9 Å². The zero-order valence-electron chi connectivity index (χ0n) is 30.2. The minimum atomic E-state index is -0.684. The third-order valence-corrected chi connectivity index (χ3v) is 11.6. The molecular formula is C38H43N7O5S2. The number of methoxy groups -OCH3 is 1. The first-order valence-electron chi connectivity index (χ1n) is 17.6. The highest BCUT2D eigenvalue weighted by Crippen LogP contribution is 2.41. The van der Waals surface area contributed by atoms with E-state index in [0.717, 1.165) is 69.8 Å². The summed E-state index contributed by atoms with van der Waals surface area (Å²) in [4.78, 5) is 58.3. The number of nitrogens with zero attached hydrogens (tertiary/aromatic N) is 4. The maximum Gasteiger partial charge on any atom is 0.410 e. The Morgan fingerprint density at radius 2 is 1.71 bits per heavy atom. The molecule has 0 bridgehead atoms. The number of rotatable bonds is 6. The quantitative estimate of drug-likeness (QED) is 0.151. The number of amides is 3. The van der Waals surface area contributed by atoms with E-state index in [1.54, 1.807) is 33.8 Å². The number of thiophene rings is 2. The van der Waals surface area contributed by atoms with E-state index in [1.807, 2.05) is 45.6 Å². The van der Waals surface area contributed by atoms with Gasteiger partial charge in [0.25, 0.3) is 0 Å². The highest BCUT2D eigenvalue weighted by atomic mass is 32.1. The molecule has 52 heavy (non-hydrogen) atoms. The fraction of sp³-hybridized carbons (Fsp3) is 0.447. The summed E-state index contributed by atoms with van der Waals surface area (Å²) >= 11 is 3.34. The average Bonchev–Trinajstić information content (AvgIpc) is 3.94. The van der Waals surface area contributed by atoms with Crippen molar-refractivity contribution in [1.29, 1.82) is 0 Å². The zero-order chi connectivity index (χ0) is 36.7. The van der Waals surface area contributed by atoms with Crippen LogP contribution >= 0.6 is 22.7 Å². The Balaban J connectivity index is 1.08. The van der Waals surface area contributed by atoms with Crippen molar-refractivity contribution in [3.05, 3.63) is 58.1 Å². The third-order valence-electron chi connectivity index (χ3n) is 9.46.